The molecule has 0 aliphatic rings. The maximum absolute atomic E-state index is 10.3. The molecule has 0 bridgehead atoms. The number of imidazole rings is 1. The van der Waals surface area contributed by atoms with Gasteiger partial charge in [-0.1, -0.05) is 0 Å². The van der Waals surface area contributed by atoms with Gasteiger partial charge in [-0.3, -0.25) is 9.69 Å². The van der Waals surface area contributed by atoms with Gasteiger partial charge in [-0.05, 0) is 6.92 Å². The summed E-state index contributed by atoms with van der Waals surface area (Å²) in [6, 6.07) is 0. The minimum atomic E-state index is 0.658. The molecule has 54 valence electrons. The van der Waals surface area contributed by atoms with Crippen LogP contribution < -0.4 is 4.90 Å². The Kier molecular flexibility index (Phi) is 2.04. The fourth-order valence-electron chi connectivity index (χ4n) is 0.707. The number of rotatable bonds is 3. The Bertz CT molecular complexity index is 195. The van der Waals surface area contributed by atoms with Crippen molar-refractivity contribution in [3.63, 3.8) is 0 Å². The van der Waals surface area contributed by atoms with Crippen molar-refractivity contribution in [1.82, 2.24) is 9.97 Å². The first-order valence-electron chi connectivity index (χ1n) is 3.08. The van der Waals surface area contributed by atoms with E-state index in [1.807, 2.05) is 6.92 Å². The van der Waals surface area contributed by atoms with Crippen molar-refractivity contribution in [3.05, 3.63) is 12.5 Å². The summed E-state index contributed by atoms with van der Waals surface area (Å²) in [6.07, 6.45) is 3.92. The highest BCUT2D eigenvalue weighted by molar-refractivity contribution is 5.72. The third kappa shape index (κ3) is 1.15. The van der Waals surface area contributed by atoms with Gasteiger partial charge in [0.25, 0.3) is 0 Å². The van der Waals surface area contributed by atoms with E-state index in [0.29, 0.717) is 6.54 Å². The Morgan fingerprint density at radius 2 is 2.70 bits per heavy atom. The van der Waals surface area contributed by atoms with Crippen LogP contribution in [0.2, 0.25) is 0 Å². The van der Waals surface area contributed by atoms with Crippen LogP contribution in [0.25, 0.3) is 0 Å². The minimum absolute atomic E-state index is 0.658. The molecular weight excluding hydrogens is 130 g/mol. The molecule has 0 unspecified atom stereocenters. The van der Waals surface area contributed by atoms with Crippen LogP contribution in [0, 0.1) is 0 Å². The number of carbonyl (C=O) groups is 1. The Balaban J connectivity index is 2.73. The van der Waals surface area contributed by atoms with E-state index in [1.165, 1.54) is 4.90 Å². The lowest BCUT2D eigenvalue weighted by Gasteiger charge is -2.09. The van der Waals surface area contributed by atoms with Gasteiger partial charge in [0, 0.05) is 6.54 Å². The van der Waals surface area contributed by atoms with Crippen LogP contribution in [0.15, 0.2) is 12.5 Å². The number of anilines is 1. The quantitative estimate of drug-likeness (QED) is 0.616. The summed E-state index contributed by atoms with van der Waals surface area (Å²) >= 11 is 0. The molecule has 1 heterocycles. The van der Waals surface area contributed by atoms with Crippen LogP contribution in [-0.4, -0.2) is 22.9 Å². The molecule has 10 heavy (non-hydrogen) atoms. The molecule has 0 spiro atoms. The van der Waals surface area contributed by atoms with E-state index in [0.717, 1.165) is 12.2 Å². The van der Waals surface area contributed by atoms with Crippen molar-refractivity contribution < 1.29 is 4.79 Å². The number of aromatic amines is 1. The summed E-state index contributed by atoms with van der Waals surface area (Å²) in [5.41, 5.74) is 0. The lowest BCUT2D eigenvalue weighted by atomic mass is 10.6. The summed E-state index contributed by atoms with van der Waals surface area (Å²) in [4.78, 5) is 18.5. The molecule has 1 aromatic rings. The molecule has 0 radical (unpaired) electrons. The van der Waals surface area contributed by atoms with Gasteiger partial charge in [-0.2, -0.15) is 0 Å². The van der Waals surface area contributed by atoms with Crippen molar-refractivity contribution in [1.29, 1.82) is 0 Å². The fourth-order valence-corrected chi connectivity index (χ4v) is 0.707. The van der Waals surface area contributed by atoms with Crippen molar-refractivity contribution >= 4 is 12.2 Å². The number of amides is 1. The second kappa shape index (κ2) is 3.00. The molecule has 4 heteroatoms. The molecule has 0 aliphatic carbocycles. The standard InChI is InChI=1S/C6H9N3O/c1-2-9(5-10)6-3-7-4-8-6/h3-5H,2H2,1H3,(H,7,8). The van der Waals surface area contributed by atoms with Gasteiger partial charge in [-0.25, -0.2) is 4.98 Å². The lowest BCUT2D eigenvalue weighted by molar-refractivity contribution is -0.107. The molecule has 1 N–H and O–H groups in total. The number of nitrogens with one attached hydrogen (secondary N) is 1. The van der Waals surface area contributed by atoms with Crippen LogP contribution in [0.1, 0.15) is 6.92 Å². The smallest absolute Gasteiger partial charge is 0.215 e. The minimum Gasteiger partial charge on any atom is -0.331 e. The molecule has 0 saturated heterocycles. The number of hydrogen-bond acceptors (Lipinski definition) is 2. The normalized spacial score (nSPS) is 9.30. The van der Waals surface area contributed by atoms with Crippen LogP contribution in [0.4, 0.5) is 5.82 Å². The number of H-pyrrole nitrogens is 1. The van der Waals surface area contributed by atoms with Crippen LogP contribution >= 0.6 is 0 Å². The summed E-state index contributed by atoms with van der Waals surface area (Å²) in [5, 5.41) is 0. The second-order valence-corrected chi connectivity index (χ2v) is 1.83. The average Bonchev–Trinajstić information content (AvgIpc) is 2.43. The fraction of sp³-hybridized carbons (Fsp3) is 0.333. The van der Waals surface area contributed by atoms with Gasteiger partial charge >= 0.3 is 0 Å². The molecule has 1 rings (SSSR count). The highest BCUT2D eigenvalue weighted by atomic mass is 16.1. The molecule has 1 amide bonds. The number of hydrogen-bond donors (Lipinski definition) is 1. The molecule has 0 fully saturated rings. The monoisotopic (exact) mass is 139 g/mol. The van der Waals surface area contributed by atoms with E-state index in [-0.39, 0.29) is 0 Å². The molecule has 0 aromatic carbocycles. The Labute approximate surface area is 58.9 Å². The predicted octanol–water partition coefficient (Wildman–Crippen LogP) is 0.392. The van der Waals surface area contributed by atoms with Gasteiger partial charge in [-0.15, -0.1) is 0 Å². The summed E-state index contributed by atoms with van der Waals surface area (Å²) < 4.78 is 0. The van der Waals surface area contributed by atoms with Crippen molar-refractivity contribution in [2.24, 2.45) is 0 Å². The largest absolute Gasteiger partial charge is 0.331 e. The van der Waals surface area contributed by atoms with E-state index in [4.69, 9.17) is 0 Å². The van der Waals surface area contributed by atoms with Gasteiger partial charge in [0.2, 0.25) is 6.41 Å². The summed E-state index contributed by atoms with van der Waals surface area (Å²) in [7, 11) is 0. The SMILES string of the molecule is CCN(C=O)c1cnc[nH]1. The third-order valence-corrected chi connectivity index (χ3v) is 1.26. The first-order chi connectivity index (χ1) is 4.88. The van der Waals surface area contributed by atoms with E-state index in [9.17, 15) is 4.79 Å². The molecule has 4 nitrogen and oxygen atoms in total. The summed E-state index contributed by atoms with van der Waals surface area (Å²) in [6.45, 7) is 2.56. The molecule has 1 aromatic heterocycles. The predicted molar refractivity (Wildman–Crippen MR) is 37.7 cm³/mol. The second-order valence-electron chi connectivity index (χ2n) is 1.83. The zero-order valence-corrected chi connectivity index (χ0v) is 5.74. The van der Waals surface area contributed by atoms with Crippen LogP contribution in [0.5, 0.6) is 0 Å². The Hall–Kier alpha value is -1.32. The Morgan fingerprint density at radius 1 is 1.90 bits per heavy atom. The number of carbonyl (C=O) groups excluding carboxylic acids is 1. The average molecular weight is 139 g/mol. The molecule has 0 atom stereocenters. The van der Waals surface area contributed by atoms with Gasteiger partial charge in [0.15, 0.2) is 0 Å². The van der Waals surface area contributed by atoms with Crippen molar-refractivity contribution in [3.8, 4) is 0 Å². The Morgan fingerprint density at radius 3 is 3.10 bits per heavy atom. The number of aromatic nitrogens is 2. The van der Waals surface area contributed by atoms with Crippen LogP contribution in [0.3, 0.4) is 0 Å². The van der Waals surface area contributed by atoms with E-state index in [1.54, 1.807) is 12.5 Å². The molecule has 0 aliphatic heterocycles. The highest BCUT2D eigenvalue weighted by Crippen LogP contribution is 2.03. The molecular formula is C6H9N3O. The van der Waals surface area contributed by atoms with Crippen LogP contribution in [-0.2, 0) is 4.79 Å². The first-order valence-corrected chi connectivity index (χ1v) is 3.08. The van der Waals surface area contributed by atoms with Gasteiger partial charge < -0.3 is 4.98 Å². The maximum atomic E-state index is 10.3. The highest BCUT2D eigenvalue weighted by Gasteiger charge is 2.00. The number of nitrogens with zero attached hydrogens (tertiary/aromatic N) is 2. The van der Waals surface area contributed by atoms with E-state index < -0.39 is 0 Å². The zero-order chi connectivity index (χ0) is 7.40. The lowest BCUT2D eigenvalue weighted by Crippen LogP contribution is -2.20. The topological polar surface area (TPSA) is 49.0 Å². The van der Waals surface area contributed by atoms with E-state index >= 15 is 0 Å². The van der Waals surface area contributed by atoms with Gasteiger partial charge in [0.1, 0.15) is 5.82 Å². The van der Waals surface area contributed by atoms with Crippen molar-refractivity contribution in [2.75, 3.05) is 11.4 Å². The first kappa shape index (κ1) is 6.80. The molecule has 0 saturated carbocycles. The van der Waals surface area contributed by atoms with Gasteiger partial charge in [0.05, 0.1) is 12.5 Å². The summed E-state index contributed by atoms with van der Waals surface area (Å²) in [5.74, 6) is 0.734. The maximum Gasteiger partial charge on any atom is 0.215 e. The van der Waals surface area contributed by atoms with Crippen molar-refractivity contribution in [2.45, 2.75) is 6.92 Å². The zero-order valence-electron chi connectivity index (χ0n) is 5.74. The van der Waals surface area contributed by atoms with E-state index in [2.05, 4.69) is 9.97 Å². The third-order valence-electron chi connectivity index (χ3n) is 1.26.